The van der Waals surface area contributed by atoms with Gasteiger partial charge in [0.2, 0.25) is 5.88 Å². The Balaban J connectivity index is 0.00000169. The van der Waals surface area contributed by atoms with Gasteiger partial charge < -0.3 is 14.6 Å². The van der Waals surface area contributed by atoms with Crippen LogP contribution in [0.25, 0.3) is 0 Å². The van der Waals surface area contributed by atoms with Crippen LogP contribution in [0.4, 0.5) is 0 Å². The van der Waals surface area contributed by atoms with Crippen molar-refractivity contribution < 1.29 is 33.5 Å². The third-order valence-electron chi connectivity index (χ3n) is 1.33. The minimum absolute atomic E-state index is 0. The van der Waals surface area contributed by atoms with Crippen LogP contribution in [0.5, 0.6) is 5.88 Å². The van der Waals surface area contributed by atoms with E-state index in [4.69, 9.17) is 16.3 Å². The van der Waals surface area contributed by atoms with E-state index in [1.807, 2.05) is 0 Å². The maximum Gasteiger partial charge on any atom is 1.00 e. The number of aromatic nitrogens is 2. The monoisotopic (exact) mass is 208 g/mol. The summed E-state index contributed by atoms with van der Waals surface area (Å²) in [6, 6.07) is 1.38. The van der Waals surface area contributed by atoms with Crippen LogP contribution in [0.1, 0.15) is 5.56 Å². The fourth-order valence-corrected chi connectivity index (χ4v) is 1.02. The largest absolute Gasteiger partial charge is 1.00 e. The molecular weight excluding hydrogens is 202 g/mol. The molecule has 0 spiro atoms. The molecule has 14 heavy (non-hydrogen) atoms. The van der Waals surface area contributed by atoms with Crippen molar-refractivity contribution in [3.63, 3.8) is 0 Å². The number of methoxy groups -OCH3 is 1. The second kappa shape index (κ2) is 5.86. The van der Waals surface area contributed by atoms with Gasteiger partial charge in [0.15, 0.2) is 5.15 Å². The van der Waals surface area contributed by atoms with Crippen molar-refractivity contribution in [3.8, 4) is 5.88 Å². The summed E-state index contributed by atoms with van der Waals surface area (Å²) in [6.45, 7) is 0. The number of carboxylic acid groups (broad SMARTS) is 1. The van der Waals surface area contributed by atoms with E-state index in [0.29, 0.717) is 5.56 Å². The number of carbonyl (C=O) groups excluding carboxylic acids is 1. The van der Waals surface area contributed by atoms with E-state index in [1.54, 1.807) is 0 Å². The Morgan fingerprint density at radius 1 is 1.64 bits per heavy atom. The Labute approximate surface area is 97.6 Å². The predicted molar refractivity (Wildman–Crippen MR) is 42.3 cm³/mol. The van der Waals surface area contributed by atoms with Crippen molar-refractivity contribution in [2.24, 2.45) is 0 Å². The molecule has 0 saturated heterocycles. The minimum Gasteiger partial charge on any atom is -0.550 e. The number of nitrogens with zero attached hydrogens (tertiary/aromatic N) is 2. The van der Waals surface area contributed by atoms with Crippen LogP contribution in [-0.2, 0) is 11.2 Å². The molecule has 0 aromatic carbocycles. The summed E-state index contributed by atoms with van der Waals surface area (Å²) < 4.78 is 4.78. The third-order valence-corrected chi connectivity index (χ3v) is 1.52. The van der Waals surface area contributed by atoms with Crippen molar-refractivity contribution in [1.82, 2.24) is 10.2 Å². The number of rotatable bonds is 3. The van der Waals surface area contributed by atoms with Crippen LogP contribution < -0.4 is 28.7 Å². The zero-order valence-corrected chi connectivity index (χ0v) is 8.54. The Hall–Kier alpha value is -0.763. The molecule has 0 N–H and O–H groups in total. The number of hydrogen-bond donors (Lipinski definition) is 0. The maximum atomic E-state index is 10.3. The number of hydrogen-bond acceptors (Lipinski definition) is 5. The summed E-state index contributed by atoms with van der Waals surface area (Å²) in [7, 11) is 1.37. The molecule has 0 aliphatic carbocycles. The molecule has 1 heterocycles. The summed E-state index contributed by atoms with van der Waals surface area (Å²) in [5.41, 5.74) is 0.350. The van der Waals surface area contributed by atoms with Crippen molar-refractivity contribution in [2.75, 3.05) is 7.11 Å². The number of halogens is 1. The summed E-state index contributed by atoms with van der Waals surface area (Å²) in [6.07, 6.45) is -0.293. The van der Waals surface area contributed by atoms with E-state index in [2.05, 4.69) is 10.2 Å². The van der Waals surface area contributed by atoms with E-state index in [0.717, 1.165) is 0 Å². The normalized spacial score (nSPS) is 9.00. The van der Waals surface area contributed by atoms with Crippen LogP contribution in [0.15, 0.2) is 6.07 Å². The quantitative estimate of drug-likeness (QED) is 0.481. The van der Waals surface area contributed by atoms with Gasteiger partial charge in [-0.05, 0) is 6.07 Å². The average Bonchev–Trinajstić information content (AvgIpc) is 2.03. The minimum atomic E-state index is -1.22. The van der Waals surface area contributed by atoms with Crippen molar-refractivity contribution in [2.45, 2.75) is 6.42 Å². The number of carboxylic acids is 1. The fraction of sp³-hybridized carbons (Fsp3) is 0.286. The van der Waals surface area contributed by atoms with Crippen LogP contribution in [0.2, 0.25) is 5.15 Å². The molecule has 70 valence electrons. The molecule has 0 radical (unpaired) electrons. The van der Waals surface area contributed by atoms with E-state index in [9.17, 15) is 9.90 Å². The Morgan fingerprint density at radius 3 is 2.79 bits per heavy atom. The van der Waals surface area contributed by atoms with Gasteiger partial charge in [0, 0.05) is 18.0 Å². The Morgan fingerprint density at radius 2 is 2.29 bits per heavy atom. The molecule has 0 saturated carbocycles. The van der Waals surface area contributed by atoms with E-state index < -0.39 is 5.97 Å². The zero-order valence-electron chi connectivity index (χ0n) is 7.78. The Bertz CT molecular complexity index is 335. The molecular formula is C7H6ClLiN2O3. The first kappa shape index (κ1) is 13.2. The molecule has 1 aromatic rings. The van der Waals surface area contributed by atoms with Gasteiger partial charge in [-0.2, -0.15) is 0 Å². The van der Waals surface area contributed by atoms with Gasteiger partial charge in [-0.1, -0.05) is 11.6 Å². The molecule has 0 bridgehead atoms. The van der Waals surface area contributed by atoms with E-state index in [1.165, 1.54) is 13.2 Å². The molecule has 0 aliphatic heterocycles. The molecule has 5 nitrogen and oxygen atoms in total. The molecule has 0 amide bonds. The van der Waals surface area contributed by atoms with Crippen molar-refractivity contribution >= 4 is 17.6 Å². The number of aliphatic carboxylic acids is 1. The van der Waals surface area contributed by atoms with Gasteiger partial charge in [-0.25, -0.2) is 0 Å². The Kier molecular flexibility index (Phi) is 5.54. The van der Waals surface area contributed by atoms with Gasteiger partial charge in [0.25, 0.3) is 0 Å². The fourth-order valence-electron chi connectivity index (χ4n) is 0.846. The molecule has 0 unspecified atom stereocenters. The standard InChI is InChI=1S/C7H7ClN2O3.Li/c1-13-7-4(3-6(11)12)2-5(8)9-10-7;/h2H,3H2,1H3,(H,11,12);/q;+1/p-1. The summed E-state index contributed by atoms with van der Waals surface area (Å²) in [5.74, 6) is -1.07. The maximum absolute atomic E-state index is 10.3. The molecule has 1 aromatic heterocycles. The first-order valence-electron chi connectivity index (χ1n) is 3.39. The zero-order chi connectivity index (χ0) is 9.84. The van der Waals surface area contributed by atoms with Gasteiger partial charge in [-0.15, -0.1) is 10.2 Å². The average molecular weight is 209 g/mol. The first-order valence-corrected chi connectivity index (χ1v) is 3.77. The number of carbonyl (C=O) groups is 1. The van der Waals surface area contributed by atoms with Crippen molar-refractivity contribution in [3.05, 3.63) is 16.8 Å². The van der Waals surface area contributed by atoms with Gasteiger partial charge in [-0.3, -0.25) is 0 Å². The molecule has 7 heteroatoms. The molecule has 0 aliphatic rings. The van der Waals surface area contributed by atoms with Crippen LogP contribution >= 0.6 is 11.6 Å². The second-order valence-electron chi connectivity index (χ2n) is 2.25. The number of ether oxygens (including phenoxy) is 1. The first-order chi connectivity index (χ1) is 6.13. The molecule has 1 rings (SSSR count). The summed E-state index contributed by atoms with van der Waals surface area (Å²) in [4.78, 5) is 10.3. The van der Waals surface area contributed by atoms with E-state index in [-0.39, 0.29) is 36.3 Å². The predicted octanol–water partition coefficient (Wildman–Crippen LogP) is -3.56. The van der Waals surface area contributed by atoms with Crippen LogP contribution in [-0.4, -0.2) is 23.3 Å². The third kappa shape index (κ3) is 3.54. The van der Waals surface area contributed by atoms with Crippen LogP contribution in [0.3, 0.4) is 0 Å². The van der Waals surface area contributed by atoms with Gasteiger partial charge in [0.05, 0.1) is 7.11 Å². The summed E-state index contributed by atoms with van der Waals surface area (Å²) >= 11 is 5.51. The topological polar surface area (TPSA) is 75.1 Å². The van der Waals surface area contributed by atoms with Crippen LogP contribution in [0, 0.1) is 0 Å². The summed E-state index contributed by atoms with van der Waals surface area (Å²) in [5, 5.41) is 17.5. The van der Waals surface area contributed by atoms with E-state index >= 15 is 0 Å². The molecule has 0 fully saturated rings. The molecule has 0 atom stereocenters. The smallest absolute Gasteiger partial charge is 0.550 e. The second-order valence-corrected chi connectivity index (χ2v) is 2.64. The van der Waals surface area contributed by atoms with Gasteiger partial charge in [0.1, 0.15) is 0 Å². The van der Waals surface area contributed by atoms with Gasteiger partial charge >= 0.3 is 18.9 Å². The van der Waals surface area contributed by atoms with Crippen molar-refractivity contribution in [1.29, 1.82) is 0 Å². The SMILES string of the molecule is COc1nnc(Cl)cc1CC(=O)[O-].[Li+].